The molecule has 104 valence electrons. The van der Waals surface area contributed by atoms with Gasteiger partial charge in [-0.1, -0.05) is 42.3 Å². The van der Waals surface area contributed by atoms with Crippen molar-refractivity contribution in [3.8, 4) is 12.3 Å². The van der Waals surface area contributed by atoms with Crippen molar-refractivity contribution in [1.29, 1.82) is 0 Å². The zero-order valence-electron chi connectivity index (χ0n) is 12.0. The quantitative estimate of drug-likeness (QED) is 0.619. The lowest BCUT2D eigenvalue weighted by Crippen LogP contribution is -1.99. The van der Waals surface area contributed by atoms with Gasteiger partial charge in [-0.15, -0.1) is 6.42 Å². The standard InChI is InChI=1S/C18H20ClN/c1-5-7-13(2)8-6-9-14(3)18-15(4)10-16(12-20)11-17(18)19/h1,6-8,10-11H,3,9,12,20H2,2,4H3/b8-6-,13-7-. The molecule has 1 aromatic carbocycles. The molecule has 0 aliphatic heterocycles. The van der Waals surface area contributed by atoms with Crippen LogP contribution in [-0.4, -0.2) is 0 Å². The molecule has 1 nitrogen and oxygen atoms in total. The molecule has 0 aromatic heterocycles. The second kappa shape index (κ2) is 7.75. The van der Waals surface area contributed by atoms with Gasteiger partial charge < -0.3 is 5.73 Å². The zero-order chi connectivity index (χ0) is 15.1. The number of terminal acetylenes is 1. The predicted octanol–water partition coefficient (Wildman–Crippen LogP) is 4.65. The lowest BCUT2D eigenvalue weighted by molar-refractivity contribution is 1.06. The van der Waals surface area contributed by atoms with Crippen LogP contribution >= 0.6 is 11.6 Å². The van der Waals surface area contributed by atoms with Gasteiger partial charge in [-0.05, 0) is 60.2 Å². The van der Waals surface area contributed by atoms with E-state index in [0.717, 1.165) is 34.3 Å². The van der Waals surface area contributed by atoms with Gasteiger partial charge in [0.05, 0.1) is 0 Å². The number of hydrogen-bond donors (Lipinski definition) is 1. The second-order valence-electron chi connectivity index (χ2n) is 4.74. The van der Waals surface area contributed by atoms with Crippen molar-refractivity contribution >= 4 is 17.2 Å². The Balaban J connectivity index is 2.89. The molecule has 0 fully saturated rings. The molecule has 0 bridgehead atoms. The molecular weight excluding hydrogens is 266 g/mol. The smallest absolute Gasteiger partial charge is 0.0486 e. The zero-order valence-corrected chi connectivity index (χ0v) is 12.8. The van der Waals surface area contributed by atoms with Crippen LogP contribution in [0.25, 0.3) is 5.57 Å². The molecule has 0 aliphatic carbocycles. The van der Waals surface area contributed by atoms with Crippen molar-refractivity contribution < 1.29 is 0 Å². The average Bonchev–Trinajstić information content (AvgIpc) is 2.38. The summed E-state index contributed by atoms with van der Waals surface area (Å²) in [4.78, 5) is 0. The van der Waals surface area contributed by atoms with E-state index in [-0.39, 0.29) is 0 Å². The van der Waals surface area contributed by atoms with Crippen molar-refractivity contribution in [3.63, 3.8) is 0 Å². The summed E-state index contributed by atoms with van der Waals surface area (Å²) in [6, 6.07) is 3.96. The molecule has 0 radical (unpaired) electrons. The van der Waals surface area contributed by atoms with E-state index in [1.54, 1.807) is 6.08 Å². The minimum absolute atomic E-state index is 0.489. The van der Waals surface area contributed by atoms with Crippen molar-refractivity contribution in [1.82, 2.24) is 0 Å². The molecule has 2 heteroatoms. The van der Waals surface area contributed by atoms with E-state index in [4.69, 9.17) is 23.8 Å². The molecular formula is C18H20ClN. The fourth-order valence-corrected chi connectivity index (χ4v) is 2.47. The second-order valence-corrected chi connectivity index (χ2v) is 5.15. The number of nitrogens with two attached hydrogens (primary N) is 1. The predicted molar refractivity (Wildman–Crippen MR) is 89.5 cm³/mol. The van der Waals surface area contributed by atoms with Crippen LogP contribution in [0.5, 0.6) is 0 Å². The average molecular weight is 286 g/mol. The maximum atomic E-state index is 6.32. The topological polar surface area (TPSA) is 26.0 Å². The van der Waals surface area contributed by atoms with Crippen LogP contribution in [0.4, 0.5) is 0 Å². The Morgan fingerprint density at radius 3 is 2.75 bits per heavy atom. The Labute approximate surface area is 126 Å². The molecule has 1 rings (SSSR count). The first-order chi connectivity index (χ1) is 9.49. The van der Waals surface area contributed by atoms with Gasteiger partial charge in [0.1, 0.15) is 0 Å². The van der Waals surface area contributed by atoms with E-state index in [9.17, 15) is 0 Å². The third kappa shape index (κ3) is 4.42. The van der Waals surface area contributed by atoms with E-state index in [1.807, 2.05) is 32.1 Å². The number of aryl methyl sites for hydroxylation is 1. The third-order valence-corrected chi connectivity index (χ3v) is 3.29. The summed E-state index contributed by atoms with van der Waals surface area (Å²) >= 11 is 6.32. The Kier molecular flexibility index (Phi) is 6.31. The largest absolute Gasteiger partial charge is 0.326 e. The van der Waals surface area contributed by atoms with E-state index < -0.39 is 0 Å². The Hall–Kier alpha value is -1.75. The third-order valence-electron chi connectivity index (χ3n) is 2.99. The minimum atomic E-state index is 0.489. The highest BCUT2D eigenvalue weighted by Crippen LogP contribution is 2.30. The molecule has 0 atom stereocenters. The van der Waals surface area contributed by atoms with Crippen LogP contribution in [0, 0.1) is 19.3 Å². The van der Waals surface area contributed by atoms with E-state index in [1.165, 1.54) is 0 Å². The van der Waals surface area contributed by atoms with Crippen LogP contribution in [0.2, 0.25) is 5.02 Å². The molecule has 2 N–H and O–H groups in total. The SMILES string of the molecule is C#C/C=C(C)\C=C/CC(=C)c1c(C)cc(CN)cc1Cl. The first kappa shape index (κ1) is 16.3. The summed E-state index contributed by atoms with van der Waals surface area (Å²) < 4.78 is 0. The first-order valence-electron chi connectivity index (χ1n) is 6.46. The van der Waals surface area contributed by atoms with Crippen LogP contribution in [0.1, 0.15) is 30.0 Å². The molecule has 0 unspecified atom stereocenters. The van der Waals surface area contributed by atoms with Crippen LogP contribution in [0.15, 0.2) is 42.5 Å². The number of hydrogen-bond acceptors (Lipinski definition) is 1. The Bertz CT molecular complexity index is 577. The van der Waals surface area contributed by atoms with Gasteiger partial charge in [0.25, 0.3) is 0 Å². The molecule has 0 saturated heterocycles. The number of halogens is 1. The van der Waals surface area contributed by atoms with Gasteiger partial charge in [0.15, 0.2) is 0 Å². The molecule has 0 heterocycles. The van der Waals surface area contributed by atoms with Crippen LogP contribution in [0.3, 0.4) is 0 Å². The molecule has 0 saturated carbocycles. The van der Waals surface area contributed by atoms with E-state index >= 15 is 0 Å². The maximum Gasteiger partial charge on any atom is 0.0486 e. The Morgan fingerprint density at radius 1 is 1.50 bits per heavy atom. The van der Waals surface area contributed by atoms with Crippen molar-refractivity contribution in [2.75, 3.05) is 0 Å². The minimum Gasteiger partial charge on any atom is -0.326 e. The highest BCUT2D eigenvalue weighted by atomic mass is 35.5. The van der Waals surface area contributed by atoms with Gasteiger partial charge in [-0.25, -0.2) is 0 Å². The first-order valence-corrected chi connectivity index (χ1v) is 6.84. The van der Waals surface area contributed by atoms with Gasteiger partial charge in [0, 0.05) is 11.6 Å². The van der Waals surface area contributed by atoms with Crippen molar-refractivity contribution in [2.45, 2.75) is 26.8 Å². The molecule has 20 heavy (non-hydrogen) atoms. The molecule has 0 aliphatic rings. The maximum absolute atomic E-state index is 6.32. The fraction of sp³-hybridized carbons (Fsp3) is 0.222. The number of rotatable bonds is 5. The lowest BCUT2D eigenvalue weighted by atomic mass is 9.97. The molecule has 0 spiro atoms. The molecule has 0 amide bonds. The summed E-state index contributed by atoms with van der Waals surface area (Å²) in [5.74, 6) is 2.50. The summed E-state index contributed by atoms with van der Waals surface area (Å²) in [5.41, 5.74) is 10.8. The summed E-state index contributed by atoms with van der Waals surface area (Å²) in [6.07, 6.45) is 11.7. The summed E-state index contributed by atoms with van der Waals surface area (Å²) in [7, 11) is 0. The summed E-state index contributed by atoms with van der Waals surface area (Å²) in [5, 5.41) is 0.708. The van der Waals surface area contributed by atoms with Gasteiger partial charge in [0.2, 0.25) is 0 Å². The highest BCUT2D eigenvalue weighted by Gasteiger charge is 2.08. The van der Waals surface area contributed by atoms with Crippen molar-refractivity contribution in [3.05, 3.63) is 64.2 Å². The Morgan fingerprint density at radius 2 is 2.20 bits per heavy atom. The summed E-state index contributed by atoms with van der Waals surface area (Å²) in [6.45, 7) is 8.60. The van der Waals surface area contributed by atoms with Gasteiger partial charge in [-0.3, -0.25) is 0 Å². The number of benzene rings is 1. The van der Waals surface area contributed by atoms with E-state index in [2.05, 4.69) is 18.6 Å². The normalized spacial score (nSPS) is 11.7. The van der Waals surface area contributed by atoms with Crippen LogP contribution < -0.4 is 5.73 Å². The highest BCUT2D eigenvalue weighted by molar-refractivity contribution is 6.32. The van der Waals surface area contributed by atoms with Crippen molar-refractivity contribution in [2.24, 2.45) is 5.73 Å². The van der Waals surface area contributed by atoms with Crippen LogP contribution in [-0.2, 0) is 6.54 Å². The van der Waals surface area contributed by atoms with Gasteiger partial charge >= 0.3 is 0 Å². The molecule has 1 aromatic rings. The van der Waals surface area contributed by atoms with E-state index in [0.29, 0.717) is 11.6 Å². The monoisotopic (exact) mass is 285 g/mol. The number of allylic oxidation sites excluding steroid dienone is 5. The fourth-order valence-electron chi connectivity index (χ4n) is 2.05. The lowest BCUT2D eigenvalue weighted by Gasteiger charge is -2.12. The van der Waals surface area contributed by atoms with Gasteiger partial charge in [-0.2, -0.15) is 0 Å².